The lowest BCUT2D eigenvalue weighted by molar-refractivity contribution is 0.0711. The largest absolute Gasteiger partial charge is 0.455 e. The van der Waals surface area contributed by atoms with Crippen molar-refractivity contribution in [3.8, 4) is 0 Å². The molecule has 1 aliphatic carbocycles. The zero-order valence-electron chi connectivity index (χ0n) is 20.2. The molecule has 5 rings (SSSR count). The summed E-state index contributed by atoms with van der Waals surface area (Å²) in [4.78, 5) is 29.7. The molecular weight excluding hydrogens is 518 g/mol. The number of para-hydroxylation sites is 1. The summed E-state index contributed by atoms with van der Waals surface area (Å²) in [7, 11) is 0. The fraction of sp³-hybridized carbons (Fsp3) is 0.296. The summed E-state index contributed by atoms with van der Waals surface area (Å²) in [5.41, 5.74) is 5.51. The Kier molecular flexibility index (Phi) is 7.22. The molecular formula is C27H25Cl2FN4O3. The third-order valence-electron chi connectivity index (χ3n) is 6.75. The lowest BCUT2D eigenvalue weighted by Crippen LogP contribution is -2.49. The van der Waals surface area contributed by atoms with Crippen LogP contribution in [0.25, 0.3) is 0 Å². The Morgan fingerprint density at radius 3 is 2.54 bits per heavy atom. The van der Waals surface area contributed by atoms with Gasteiger partial charge >= 0.3 is 0 Å². The van der Waals surface area contributed by atoms with E-state index in [9.17, 15) is 14.0 Å². The minimum Gasteiger partial charge on any atom is -0.455 e. The third-order valence-corrected chi connectivity index (χ3v) is 7.30. The van der Waals surface area contributed by atoms with Crippen LogP contribution in [0, 0.1) is 12.7 Å². The number of aryl methyl sites for hydroxylation is 1. The first-order chi connectivity index (χ1) is 17.8. The average Bonchev–Trinajstić information content (AvgIpc) is 3.24. The van der Waals surface area contributed by atoms with Gasteiger partial charge in [-0.15, -0.1) is 0 Å². The van der Waals surface area contributed by atoms with E-state index in [-0.39, 0.29) is 28.1 Å². The van der Waals surface area contributed by atoms with Gasteiger partial charge in [-0.2, -0.15) is 5.10 Å². The summed E-state index contributed by atoms with van der Waals surface area (Å²) < 4.78 is 20.2. The number of furan rings is 1. The molecule has 3 aromatic rings. The molecule has 0 radical (unpaired) electrons. The second kappa shape index (κ2) is 10.6. The van der Waals surface area contributed by atoms with Crippen LogP contribution < -0.4 is 10.3 Å². The third kappa shape index (κ3) is 5.08. The molecule has 1 aromatic heterocycles. The summed E-state index contributed by atoms with van der Waals surface area (Å²) in [5, 5.41) is 5.03. The van der Waals surface area contributed by atoms with E-state index in [1.807, 2.05) is 11.8 Å². The molecule has 1 fully saturated rings. The van der Waals surface area contributed by atoms with Gasteiger partial charge in [-0.25, -0.2) is 9.82 Å². The first-order valence-electron chi connectivity index (χ1n) is 12.1. The van der Waals surface area contributed by atoms with Gasteiger partial charge in [-0.1, -0.05) is 35.3 Å². The van der Waals surface area contributed by atoms with Crippen molar-refractivity contribution in [3.63, 3.8) is 0 Å². The molecule has 2 heterocycles. The minimum atomic E-state index is -0.452. The number of fused-ring (bicyclic) bond motifs is 1. The molecule has 37 heavy (non-hydrogen) atoms. The van der Waals surface area contributed by atoms with Crippen LogP contribution in [0.15, 0.2) is 52.0 Å². The molecule has 2 aliphatic rings. The maximum absolute atomic E-state index is 14.2. The summed E-state index contributed by atoms with van der Waals surface area (Å²) in [5.74, 6) is 0.0533. The van der Waals surface area contributed by atoms with Crippen molar-refractivity contribution in [2.45, 2.75) is 26.2 Å². The summed E-state index contributed by atoms with van der Waals surface area (Å²) in [6, 6.07) is 11.3. The van der Waals surface area contributed by atoms with Crippen LogP contribution in [0.4, 0.5) is 10.1 Å². The van der Waals surface area contributed by atoms with Gasteiger partial charge in [0.1, 0.15) is 11.6 Å². The van der Waals surface area contributed by atoms with E-state index in [0.29, 0.717) is 66.8 Å². The Morgan fingerprint density at radius 2 is 1.81 bits per heavy atom. The number of rotatable bonds is 4. The van der Waals surface area contributed by atoms with Gasteiger partial charge in [0.2, 0.25) is 0 Å². The molecule has 192 valence electrons. The smallest absolute Gasteiger partial charge is 0.289 e. The van der Waals surface area contributed by atoms with Crippen LogP contribution in [-0.4, -0.2) is 48.6 Å². The quantitative estimate of drug-likeness (QED) is 0.443. The molecule has 7 nitrogen and oxygen atoms in total. The fourth-order valence-corrected chi connectivity index (χ4v) is 5.33. The first-order valence-corrected chi connectivity index (χ1v) is 12.8. The second-order valence-corrected chi connectivity index (χ2v) is 9.91. The first kappa shape index (κ1) is 25.3. The molecule has 10 heteroatoms. The van der Waals surface area contributed by atoms with E-state index < -0.39 is 5.91 Å². The average molecular weight is 543 g/mol. The number of hydrogen-bond acceptors (Lipinski definition) is 5. The predicted octanol–water partition coefficient (Wildman–Crippen LogP) is 5.47. The van der Waals surface area contributed by atoms with E-state index in [2.05, 4.69) is 10.5 Å². The van der Waals surface area contributed by atoms with Gasteiger partial charge in [-0.05, 0) is 50.1 Å². The van der Waals surface area contributed by atoms with E-state index in [4.69, 9.17) is 27.6 Å². The van der Waals surface area contributed by atoms with Crippen molar-refractivity contribution in [2.24, 2.45) is 5.10 Å². The van der Waals surface area contributed by atoms with Gasteiger partial charge in [0.15, 0.2) is 5.76 Å². The highest BCUT2D eigenvalue weighted by Crippen LogP contribution is 2.31. The zero-order valence-corrected chi connectivity index (χ0v) is 21.7. The molecule has 0 spiro atoms. The number of carbonyl (C=O) groups excluding carboxylic acids is 2. The number of benzene rings is 2. The van der Waals surface area contributed by atoms with E-state index >= 15 is 0 Å². The molecule has 2 aromatic carbocycles. The monoisotopic (exact) mass is 542 g/mol. The Bertz CT molecular complexity index is 1400. The van der Waals surface area contributed by atoms with Crippen molar-refractivity contribution < 1.29 is 18.4 Å². The number of anilines is 1. The Morgan fingerprint density at radius 1 is 1.05 bits per heavy atom. The molecule has 1 N–H and O–H groups in total. The van der Waals surface area contributed by atoms with Crippen LogP contribution in [-0.2, 0) is 6.42 Å². The highest BCUT2D eigenvalue weighted by molar-refractivity contribution is 6.36. The Balaban J connectivity index is 1.31. The van der Waals surface area contributed by atoms with E-state index in [1.165, 1.54) is 18.2 Å². The number of carbonyl (C=O) groups is 2. The number of nitrogens with one attached hydrogen (secondary N) is 1. The van der Waals surface area contributed by atoms with Crippen molar-refractivity contribution in [1.82, 2.24) is 10.3 Å². The molecule has 1 aliphatic heterocycles. The highest BCUT2D eigenvalue weighted by atomic mass is 35.5. The van der Waals surface area contributed by atoms with Crippen LogP contribution in [0.2, 0.25) is 10.0 Å². The summed E-state index contributed by atoms with van der Waals surface area (Å²) in [6.45, 7) is 3.80. The topological polar surface area (TPSA) is 78.2 Å². The SMILES string of the molecule is Cc1c(C(=O)N2CCN(c3ccccc3F)CC2)oc2c1/C(=N/NC(=O)c1ccc(Cl)cc1Cl)CCC2. The molecule has 0 bridgehead atoms. The Hall–Kier alpha value is -3.36. The van der Waals surface area contributed by atoms with Crippen molar-refractivity contribution >= 4 is 46.4 Å². The molecule has 0 unspecified atom stereocenters. The molecule has 2 amide bonds. The molecule has 1 saturated heterocycles. The number of amides is 2. The van der Waals surface area contributed by atoms with E-state index in [0.717, 1.165) is 12.0 Å². The normalized spacial score (nSPS) is 16.6. The maximum atomic E-state index is 14.2. The number of hydrogen-bond donors (Lipinski definition) is 1. The second-order valence-electron chi connectivity index (χ2n) is 9.06. The van der Waals surface area contributed by atoms with Crippen LogP contribution >= 0.6 is 23.2 Å². The van der Waals surface area contributed by atoms with Gasteiger partial charge < -0.3 is 14.2 Å². The number of piperazine rings is 1. The van der Waals surface area contributed by atoms with Crippen LogP contribution in [0.5, 0.6) is 0 Å². The van der Waals surface area contributed by atoms with Gasteiger partial charge in [0.05, 0.1) is 22.0 Å². The number of halogens is 3. The van der Waals surface area contributed by atoms with Crippen LogP contribution in [0.1, 0.15) is 50.6 Å². The van der Waals surface area contributed by atoms with Crippen molar-refractivity contribution in [2.75, 3.05) is 31.1 Å². The van der Waals surface area contributed by atoms with E-state index in [1.54, 1.807) is 29.2 Å². The van der Waals surface area contributed by atoms with Gasteiger partial charge in [-0.3, -0.25) is 9.59 Å². The highest BCUT2D eigenvalue weighted by Gasteiger charge is 2.32. The van der Waals surface area contributed by atoms with Crippen molar-refractivity contribution in [1.29, 1.82) is 0 Å². The summed E-state index contributed by atoms with van der Waals surface area (Å²) in [6.07, 6.45) is 2.10. The molecule has 0 atom stereocenters. The lowest BCUT2D eigenvalue weighted by Gasteiger charge is -2.35. The number of hydrazone groups is 1. The number of nitrogens with zero attached hydrogens (tertiary/aromatic N) is 3. The predicted molar refractivity (Wildman–Crippen MR) is 141 cm³/mol. The molecule has 0 saturated carbocycles. The van der Waals surface area contributed by atoms with Crippen molar-refractivity contribution in [3.05, 3.63) is 86.5 Å². The maximum Gasteiger partial charge on any atom is 0.289 e. The van der Waals surface area contributed by atoms with Crippen LogP contribution in [0.3, 0.4) is 0 Å². The van der Waals surface area contributed by atoms with Gasteiger partial charge in [0.25, 0.3) is 11.8 Å². The standard InChI is InChI=1S/C27H25Cl2FN4O3/c1-16-24-21(31-32-26(35)18-10-9-17(28)15-19(18)29)6-4-8-23(24)37-25(16)27(36)34-13-11-33(12-14-34)22-7-3-2-5-20(22)30/h2-3,5,7,9-10,15H,4,6,8,11-14H2,1H3,(H,32,35)/b31-21+. The Labute approximate surface area is 223 Å². The van der Waals surface area contributed by atoms with Gasteiger partial charge in [0, 0.05) is 48.7 Å². The lowest BCUT2D eigenvalue weighted by atomic mass is 9.93. The zero-order chi connectivity index (χ0) is 26.1. The minimum absolute atomic E-state index is 0.198. The fourth-order valence-electron chi connectivity index (χ4n) is 4.84. The summed E-state index contributed by atoms with van der Waals surface area (Å²) >= 11 is 12.1.